The van der Waals surface area contributed by atoms with Crippen LogP contribution in [0.4, 0.5) is 5.69 Å². The molecule has 1 atom stereocenters. The smallest absolute Gasteiger partial charge is 0.142 e. The van der Waals surface area contributed by atoms with Gasteiger partial charge in [0.2, 0.25) is 0 Å². The van der Waals surface area contributed by atoms with Crippen LogP contribution < -0.4 is 9.64 Å². The molecule has 0 bridgehead atoms. The van der Waals surface area contributed by atoms with Gasteiger partial charge in [-0.25, -0.2) is 0 Å². The zero-order valence-corrected chi connectivity index (χ0v) is 13.1. The second-order valence-corrected chi connectivity index (χ2v) is 5.04. The Labute approximate surface area is 118 Å². The number of benzene rings is 1. The minimum absolute atomic E-state index is 0.787. The monoisotopic (exact) mass is 347 g/mol. The van der Waals surface area contributed by atoms with E-state index in [-0.39, 0.29) is 0 Å². The Morgan fingerprint density at radius 1 is 1.35 bits per heavy atom. The van der Waals surface area contributed by atoms with E-state index in [1.54, 1.807) is 7.11 Å². The van der Waals surface area contributed by atoms with Crippen molar-refractivity contribution in [2.45, 2.75) is 26.7 Å². The van der Waals surface area contributed by atoms with Crippen molar-refractivity contribution >= 4 is 28.3 Å². The number of ether oxygens (including phenoxy) is 1. The van der Waals surface area contributed by atoms with Gasteiger partial charge in [-0.2, -0.15) is 0 Å². The molecule has 0 saturated heterocycles. The Hall–Kier alpha value is -0.450. The van der Waals surface area contributed by atoms with Crippen LogP contribution in [0.3, 0.4) is 0 Å². The van der Waals surface area contributed by atoms with Crippen molar-refractivity contribution in [1.82, 2.24) is 0 Å². The summed E-state index contributed by atoms with van der Waals surface area (Å²) in [5, 5.41) is 0. The van der Waals surface area contributed by atoms with E-state index in [0.717, 1.165) is 22.8 Å². The first-order valence-electron chi connectivity index (χ1n) is 6.16. The van der Waals surface area contributed by atoms with Gasteiger partial charge in [0.25, 0.3) is 0 Å². The van der Waals surface area contributed by atoms with Crippen LogP contribution in [0, 0.1) is 5.92 Å². The molecule has 17 heavy (non-hydrogen) atoms. The first-order valence-corrected chi connectivity index (χ1v) is 7.69. The highest BCUT2D eigenvalue weighted by molar-refractivity contribution is 14.1. The van der Waals surface area contributed by atoms with E-state index >= 15 is 0 Å². The van der Waals surface area contributed by atoms with E-state index in [1.165, 1.54) is 18.5 Å². The SMILES string of the molecule is CCC(C)CCN(CI)c1ccccc1OC. The summed E-state index contributed by atoms with van der Waals surface area (Å²) in [6.07, 6.45) is 2.48. The third kappa shape index (κ3) is 4.37. The highest BCUT2D eigenvalue weighted by atomic mass is 127. The number of rotatable bonds is 7. The third-order valence-corrected chi connectivity index (χ3v) is 3.98. The van der Waals surface area contributed by atoms with Crippen LogP contribution in [0.5, 0.6) is 5.75 Å². The van der Waals surface area contributed by atoms with E-state index < -0.39 is 0 Å². The van der Waals surface area contributed by atoms with Gasteiger partial charge in [-0.05, 0) is 24.5 Å². The number of nitrogens with zero attached hydrogens (tertiary/aromatic N) is 1. The fraction of sp³-hybridized carbons (Fsp3) is 0.571. The average Bonchev–Trinajstić information content (AvgIpc) is 2.39. The molecule has 0 radical (unpaired) electrons. The number of alkyl halides is 1. The Morgan fingerprint density at radius 2 is 2.06 bits per heavy atom. The Morgan fingerprint density at radius 3 is 2.65 bits per heavy atom. The van der Waals surface area contributed by atoms with Gasteiger partial charge < -0.3 is 9.64 Å². The van der Waals surface area contributed by atoms with Crippen LogP contribution in [0.1, 0.15) is 26.7 Å². The molecule has 1 unspecified atom stereocenters. The molecule has 1 aromatic rings. The molecule has 1 rings (SSSR count). The van der Waals surface area contributed by atoms with Gasteiger partial charge in [0.1, 0.15) is 5.75 Å². The van der Waals surface area contributed by atoms with Gasteiger partial charge in [0, 0.05) is 6.54 Å². The van der Waals surface area contributed by atoms with Crippen molar-refractivity contribution in [3.63, 3.8) is 0 Å². The second-order valence-electron chi connectivity index (χ2n) is 4.36. The minimum atomic E-state index is 0.787. The fourth-order valence-corrected chi connectivity index (χ4v) is 2.42. The number of methoxy groups -OCH3 is 1. The summed E-state index contributed by atoms with van der Waals surface area (Å²) in [6.45, 7) is 5.66. The molecule has 2 nitrogen and oxygen atoms in total. The lowest BCUT2D eigenvalue weighted by Gasteiger charge is -2.25. The summed E-state index contributed by atoms with van der Waals surface area (Å²) in [6, 6.07) is 8.24. The standard InChI is InChI=1S/C14H22INO/c1-4-12(2)9-10-16(11-15)13-7-5-6-8-14(13)17-3/h5-8,12H,4,9-11H2,1-3H3. The van der Waals surface area contributed by atoms with Crippen LogP contribution in [-0.4, -0.2) is 18.2 Å². The maximum Gasteiger partial charge on any atom is 0.142 e. The van der Waals surface area contributed by atoms with Crippen molar-refractivity contribution in [2.75, 3.05) is 23.1 Å². The topological polar surface area (TPSA) is 12.5 Å². The number of hydrogen-bond acceptors (Lipinski definition) is 2. The third-order valence-electron chi connectivity index (χ3n) is 3.16. The molecular weight excluding hydrogens is 325 g/mol. The summed E-state index contributed by atoms with van der Waals surface area (Å²) in [5.41, 5.74) is 1.20. The van der Waals surface area contributed by atoms with E-state index in [4.69, 9.17) is 4.74 Å². The summed E-state index contributed by atoms with van der Waals surface area (Å²) < 4.78 is 6.41. The summed E-state index contributed by atoms with van der Waals surface area (Å²) in [5.74, 6) is 1.75. The molecule has 0 aliphatic carbocycles. The lowest BCUT2D eigenvalue weighted by Crippen LogP contribution is -2.24. The Kier molecular flexibility index (Phi) is 6.70. The molecule has 0 aliphatic rings. The summed E-state index contributed by atoms with van der Waals surface area (Å²) in [7, 11) is 1.73. The van der Waals surface area contributed by atoms with Crippen LogP contribution >= 0.6 is 22.6 Å². The zero-order valence-electron chi connectivity index (χ0n) is 10.9. The van der Waals surface area contributed by atoms with Crippen LogP contribution in [0.15, 0.2) is 24.3 Å². The average molecular weight is 347 g/mol. The number of hydrogen-bond donors (Lipinski definition) is 0. The molecule has 96 valence electrons. The van der Waals surface area contributed by atoms with E-state index in [2.05, 4.69) is 53.5 Å². The van der Waals surface area contributed by atoms with Crippen molar-refractivity contribution in [3.8, 4) is 5.75 Å². The molecule has 0 amide bonds. The van der Waals surface area contributed by atoms with E-state index in [9.17, 15) is 0 Å². The fourth-order valence-electron chi connectivity index (χ4n) is 1.72. The lowest BCUT2D eigenvalue weighted by atomic mass is 10.1. The lowest BCUT2D eigenvalue weighted by molar-refractivity contribution is 0.414. The van der Waals surface area contributed by atoms with Crippen molar-refractivity contribution in [1.29, 1.82) is 0 Å². The largest absolute Gasteiger partial charge is 0.495 e. The van der Waals surface area contributed by atoms with Crippen molar-refractivity contribution in [2.24, 2.45) is 5.92 Å². The van der Waals surface area contributed by atoms with Gasteiger partial charge >= 0.3 is 0 Å². The molecule has 0 aromatic heterocycles. The molecule has 1 aromatic carbocycles. The van der Waals surface area contributed by atoms with Gasteiger partial charge in [-0.15, -0.1) is 0 Å². The van der Waals surface area contributed by atoms with Gasteiger partial charge in [0.15, 0.2) is 0 Å². The first-order chi connectivity index (χ1) is 8.22. The quantitative estimate of drug-likeness (QED) is 0.414. The number of para-hydroxylation sites is 2. The van der Waals surface area contributed by atoms with Crippen molar-refractivity contribution < 1.29 is 4.74 Å². The number of anilines is 1. The Balaban J connectivity index is 2.72. The second kappa shape index (κ2) is 7.80. The normalized spacial score (nSPS) is 12.2. The van der Waals surface area contributed by atoms with Gasteiger partial charge in [-0.1, -0.05) is 55.0 Å². The minimum Gasteiger partial charge on any atom is -0.495 e. The van der Waals surface area contributed by atoms with Crippen LogP contribution in [0.25, 0.3) is 0 Å². The maximum atomic E-state index is 5.42. The van der Waals surface area contributed by atoms with E-state index in [0.29, 0.717) is 0 Å². The zero-order chi connectivity index (χ0) is 12.7. The molecule has 0 heterocycles. The first kappa shape index (κ1) is 14.6. The molecule has 3 heteroatoms. The van der Waals surface area contributed by atoms with Crippen LogP contribution in [-0.2, 0) is 0 Å². The molecule has 0 spiro atoms. The Bertz CT molecular complexity index is 330. The van der Waals surface area contributed by atoms with E-state index in [1.807, 2.05) is 12.1 Å². The highest BCUT2D eigenvalue weighted by Gasteiger charge is 2.11. The van der Waals surface area contributed by atoms with Crippen molar-refractivity contribution in [3.05, 3.63) is 24.3 Å². The molecular formula is C14H22INO. The summed E-state index contributed by atoms with van der Waals surface area (Å²) in [4.78, 5) is 2.38. The van der Waals surface area contributed by atoms with Gasteiger partial charge in [0.05, 0.1) is 17.3 Å². The maximum absolute atomic E-state index is 5.42. The van der Waals surface area contributed by atoms with Gasteiger partial charge in [-0.3, -0.25) is 0 Å². The number of halogens is 1. The molecule has 0 saturated carbocycles. The predicted molar refractivity (Wildman–Crippen MR) is 83.3 cm³/mol. The molecule has 0 N–H and O–H groups in total. The predicted octanol–water partition coefficient (Wildman–Crippen LogP) is 4.33. The van der Waals surface area contributed by atoms with Crippen LogP contribution in [0.2, 0.25) is 0 Å². The molecule has 0 aliphatic heterocycles. The summed E-state index contributed by atoms with van der Waals surface area (Å²) >= 11 is 2.42. The molecule has 0 fully saturated rings. The highest BCUT2D eigenvalue weighted by Crippen LogP contribution is 2.28.